The SMILES string of the molecule is Bc1cccc(-c2cn[nH]c2)n1. The van der Waals surface area contributed by atoms with E-state index in [1.807, 2.05) is 32.2 Å². The third-order valence-corrected chi connectivity index (χ3v) is 1.68. The van der Waals surface area contributed by atoms with Crippen molar-refractivity contribution < 1.29 is 0 Å². The molecule has 0 atom stereocenters. The Balaban J connectivity index is 2.48. The molecule has 2 aromatic heterocycles. The Morgan fingerprint density at radius 3 is 2.92 bits per heavy atom. The minimum Gasteiger partial charge on any atom is -0.285 e. The minimum atomic E-state index is 0.962. The molecule has 0 unspecified atom stereocenters. The predicted octanol–water partition coefficient (Wildman–Crippen LogP) is -0.270. The van der Waals surface area contributed by atoms with Crippen LogP contribution in [-0.2, 0) is 0 Å². The molecule has 0 fully saturated rings. The number of rotatable bonds is 1. The van der Waals surface area contributed by atoms with Gasteiger partial charge in [0.2, 0.25) is 0 Å². The van der Waals surface area contributed by atoms with E-state index in [9.17, 15) is 0 Å². The fourth-order valence-corrected chi connectivity index (χ4v) is 1.09. The molecule has 2 aromatic rings. The van der Waals surface area contributed by atoms with Gasteiger partial charge in [-0.3, -0.25) is 10.1 Å². The lowest BCUT2D eigenvalue weighted by molar-refractivity contribution is 1.09. The average Bonchev–Trinajstić information content (AvgIpc) is 2.56. The highest BCUT2D eigenvalue weighted by molar-refractivity contribution is 6.30. The molecule has 3 nitrogen and oxygen atoms in total. The molecule has 0 saturated carbocycles. The number of aromatic amines is 1. The van der Waals surface area contributed by atoms with Gasteiger partial charge >= 0.3 is 0 Å². The summed E-state index contributed by atoms with van der Waals surface area (Å²) in [4.78, 5) is 4.36. The molecule has 0 saturated heterocycles. The predicted molar refractivity (Wildman–Crippen MR) is 50.0 cm³/mol. The molecule has 4 heteroatoms. The van der Waals surface area contributed by atoms with Crippen LogP contribution in [0, 0.1) is 0 Å². The van der Waals surface area contributed by atoms with Gasteiger partial charge in [0.15, 0.2) is 7.85 Å². The molecule has 12 heavy (non-hydrogen) atoms. The van der Waals surface area contributed by atoms with Crippen LogP contribution in [0.1, 0.15) is 0 Å². The summed E-state index contributed by atoms with van der Waals surface area (Å²) in [5, 5.41) is 6.62. The smallest absolute Gasteiger partial charge is 0.163 e. The number of aromatic nitrogens is 3. The molecule has 0 aliphatic heterocycles. The van der Waals surface area contributed by atoms with Crippen molar-refractivity contribution >= 4 is 13.4 Å². The largest absolute Gasteiger partial charge is 0.285 e. The van der Waals surface area contributed by atoms with Gasteiger partial charge in [-0.05, 0) is 11.7 Å². The van der Waals surface area contributed by atoms with Crippen molar-refractivity contribution in [2.75, 3.05) is 0 Å². The standard InChI is InChI=1S/C8H8BN3/c9-8-3-1-2-7(12-8)6-4-10-11-5-6/h1-5H,9H2,(H,10,11). The molecule has 0 spiro atoms. The highest BCUT2D eigenvalue weighted by atomic mass is 15.1. The van der Waals surface area contributed by atoms with Crippen LogP contribution in [0.5, 0.6) is 0 Å². The molecular formula is C8H8BN3. The fourth-order valence-electron chi connectivity index (χ4n) is 1.09. The summed E-state index contributed by atoms with van der Waals surface area (Å²) >= 11 is 0. The van der Waals surface area contributed by atoms with Crippen molar-refractivity contribution in [3.05, 3.63) is 30.6 Å². The van der Waals surface area contributed by atoms with Gasteiger partial charge < -0.3 is 0 Å². The van der Waals surface area contributed by atoms with Gasteiger partial charge in [-0.25, -0.2) is 0 Å². The number of H-pyrrole nitrogens is 1. The lowest BCUT2D eigenvalue weighted by Crippen LogP contribution is -2.07. The number of nitrogens with zero attached hydrogens (tertiary/aromatic N) is 2. The van der Waals surface area contributed by atoms with E-state index in [1.54, 1.807) is 6.20 Å². The number of nitrogens with one attached hydrogen (secondary N) is 1. The highest BCUT2D eigenvalue weighted by Gasteiger charge is 1.98. The minimum absolute atomic E-state index is 0.962. The Kier molecular flexibility index (Phi) is 1.66. The van der Waals surface area contributed by atoms with E-state index in [1.165, 1.54) is 0 Å². The van der Waals surface area contributed by atoms with Gasteiger partial charge in [-0.15, -0.1) is 0 Å². The zero-order chi connectivity index (χ0) is 8.39. The van der Waals surface area contributed by atoms with Crippen LogP contribution < -0.4 is 5.59 Å². The Morgan fingerprint density at radius 2 is 2.25 bits per heavy atom. The molecule has 0 radical (unpaired) electrons. The molecule has 0 aromatic carbocycles. The molecule has 0 aliphatic rings. The Labute approximate surface area is 71.3 Å². The average molecular weight is 157 g/mol. The maximum atomic E-state index is 4.36. The van der Waals surface area contributed by atoms with Crippen LogP contribution >= 0.6 is 0 Å². The normalized spacial score (nSPS) is 10.0. The van der Waals surface area contributed by atoms with Gasteiger partial charge in [0.1, 0.15) is 0 Å². The summed E-state index contributed by atoms with van der Waals surface area (Å²) in [6.45, 7) is 0. The fraction of sp³-hybridized carbons (Fsp3) is 0. The first kappa shape index (κ1) is 7.09. The van der Waals surface area contributed by atoms with Gasteiger partial charge in [0.05, 0.1) is 11.9 Å². The van der Waals surface area contributed by atoms with E-state index < -0.39 is 0 Å². The zero-order valence-corrected chi connectivity index (χ0v) is 6.78. The van der Waals surface area contributed by atoms with Crippen molar-refractivity contribution in [2.45, 2.75) is 0 Å². The summed E-state index contributed by atoms with van der Waals surface area (Å²) in [5.74, 6) is 0. The highest BCUT2D eigenvalue weighted by Crippen LogP contribution is 2.11. The molecule has 0 bridgehead atoms. The van der Waals surface area contributed by atoms with Crippen molar-refractivity contribution in [1.29, 1.82) is 0 Å². The van der Waals surface area contributed by atoms with Crippen molar-refractivity contribution in [1.82, 2.24) is 15.2 Å². The van der Waals surface area contributed by atoms with Crippen LogP contribution in [-0.4, -0.2) is 23.0 Å². The van der Waals surface area contributed by atoms with E-state index in [4.69, 9.17) is 0 Å². The molecular weight excluding hydrogens is 149 g/mol. The summed E-state index contributed by atoms with van der Waals surface area (Å²) in [5.41, 5.74) is 3.01. The van der Waals surface area contributed by atoms with E-state index in [0.717, 1.165) is 16.9 Å². The number of hydrogen-bond donors (Lipinski definition) is 1. The summed E-state index contributed by atoms with van der Waals surface area (Å²) in [7, 11) is 1.98. The summed E-state index contributed by atoms with van der Waals surface area (Å²) in [6.07, 6.45) is 3.60. The first-order valence-corrected chi connectivity index (χ1v) is 3.79. The first-order chi connectivity index (χ1) is 5.86. The zero-order valence-electron chi connectivity index (χ0n) is 6.78. The topological polar surface area (TPSA) is 41.6 Å². The summed E-state index contributed by atoms with van der Waals surface area (Å²) in [6, 6.07) is 5.94. The van der Waals surface area contributed by atoms with E-state index in [0.29, 0.717) is 0 Å². The number of hydrogen-bond acceptors (Lipinski definition) is 2. The number of pyridine rings is 1. The van der Waals surface area contributed by atoms with Crippen LogP contribution in [0.4, 0.5) is 0 Å². The Bertz CT molecular complexity index is 370. The van der Waals surface area contributed by atoms with Crippen LogP contribution in [0.25, 0.3) is 11.3 Å². The molecule has 0 amide bonds. The van der Waals surface area contributed by atoms with Gasteiger partial charge in [-0.1, -0.05) is 12.1 Å². The van der Waals surface area contributed by atoms with Crippen molar-refractivity contribution in [2.24, 2.45) is 0 Å². The van der Waals surface area contributed by atoms with E-state index >= 15 is 0 Å². The van der Waals surface area contributed by atoms with Crippen LogP contribution in [0.15, 0.2) is 30.6 Å². The first-order valence-electron chi connectivity index (χ1n) is 3.79. The second-order valence-corrected chi connectivity index (χ2v) is 2.65. The Morgan fingerprint density at radius 1 is 1.33 bits per heavy atom. The third-order valence-electron chi connectivity index (χ3n) is 1.68. The lowest BCUT2D eigenvalue weighted by Gasteiger charge is -1.96. The third kappa shape index (κ3) is 1.23. The maximum absolute atomic E-state index is 4.36. The second kappa shape index (κ2) is 2.81. The van der Waals surface area contributed by atoms with Gasteiger partial charge in [-0.2, -0.15) is 5.10 Å². The summed E-state index contributed by atoms with van der Waals surface area (Å²) < 4.78 is 0. The molecule has 2 heterocycles. The maximum Gasteiger partial charge on any atom is 0.163 e. The van der Waals surface area contributed by atoms with E-state index in [2.05, 4.69) is 15.2 Å². The quantitative estimate of drug-likeness (QED) is 0.579. The second-order valence-electron chi connectivity index (χ2n) is 2.65. The van der Waals surface area contributed by atoms with E-state index in [-0.39, 0.29) is 0 Å². The van der Waals surface area contributed by atoms with Gasteiger partial charge in [0.25, 0.3) is 0 Å². The molecule has 0 aliphatic carbocycles. The molecule has 1 N–H and O–H groups in total. The van der Waals surface area contributed by atoms with Crippen LogP contribution in [0.3, 0.4) is 0 Å². The van der Waals surface area contributed by atoms with Crippen LogP contribution in [0.2, 0.25) is 0 Å². The molecule has 2 rings (SSSR count). The van der Waals surface area contributed by atoms with Crippen molar-refractivity contribution in [3.63, 3.8) is 0 Å². The van der Waals surface area contributed by atoms with Crippen molar-refractivity contribution in [3.8, 4) is 11.3 Å². The Hall–Kier alpha value is -1.58. The lowest BCUT2D eigenvalue weighted by atomic mass is 10.0. The monoisotopic (exact) mass is 157 g/mol. The van der Waals surface area contributed by atoms with Gasteiger partial charge in [0, 0.05) is 11.8 Å². The molecule has 58 valence electrons.